The number of nitrogens with one attached hydrogen (secondary N) is 2. The highest BCUT2D eigenvalue weighted by molar-refractivity contribution is 14.0. The monoisotopic (exact) mass is 508 g/mol. The lowest BCUT2D eigenvalue weighted by Gasteiger charge is -2.34. The molecule has 6 heteroatoms. The Morgan fingerprint density at radius 2 is 1.86 bits per heavy atom. The standard InChI is InChI=1S/C23H32N4O.HI/c1-3-25-23(27-14-11-19(12-15-27)17-22(28)24-2)26-13-10-18-8-9-20-6-4-5-7-21(20)16-18;/h4-9,16,19H,3,10-15,17H2,1-2H3,(H,24,28)(H,25,26);1H. The number of benzene rings is 2. The molecule has 2 aromatic carbocycles. The Hall–Kier alpha value is -1.83. The van der Waals surface area contributed by atoms with Gasteiger partial charge in [-0.3, -0.25) is 9.79 Å². The normalized spacial score (nSPS) is 15.1. The number of nitrogens with zero attached hydrogens (tertiary/aromatic N) is 2. The molecule has 0 radical (unpaired) electrons. The number of aliphatic imine (C=N–C) groups is 1. The smallest absolute Gasteiger partial charge is 0.220 e. The molecule has 2 N–H and O–H groups in total. The molecule has 0 bridgehead atoms. The average molecular weight is 508 g/mol. The van der Waals surface area contributed by atoms with E-state index in [0.717, 1.165) is 51.4 Å². The van der Waals surface area contributed by atoms with Crippen molar-refractivity contribution < 1.29 is 4.79 Å². The Kier molecular flexibility index (Phi) is 9.70. The zero-order valence-electron chi connectivity index (χ0n) is 17.5. The molecule has 1 fully saturated rings. The lowest BCUT2D eigenvalue weighted by atomic mass is 9.93. The van der Waals surface area contributed by atoms with Gasteiger partial charge in [0.1, 0.15) is 0 Å². The number of carbonyl (C=O) groups is 1. The molecule has 5 nitrogen and oxygen atoms in total. The Morgan fingerprint density at radius 1 is 1.14 bits per heavy atom. The highest BCUT2D eigenvalue weighted by atomic mass is 127. The van der Waals surface area contributed by atoms with Crippen molar-refractivity contribution in [2.45, 2.75) is 32.6 Å². The number of rotatable bonds is 6. The number of likely N-dealkylation sites (tertiary alicyclic amines) is 1. The van der Waals surface area contributed by atoms with Crippen LogP contribution in [0, 0.1) is 5.92 Å². The van der Waals surface area contributed by atoms with Gasteiger partial charge >= 0.3 is 0 Å². The third kappa shape index (κ3) is 6.87. The largest absolute Gasteiger partial charge is 0.359 e. The van der Waals surface area contributed by atoms with E-state index in [-0.39, 0.29) is 29.9 Å². The van der Waals surface area contributed by atoms with Crippen molar-refractivity contribution in [2.24, 2.45) is 10.9 Å². The maximum atomic E-state index is 11.6. The van der Waals surface area contributed by atoms with Gasteiger partial charge in [-0.05, 0) is 48.4 Å². The first-order chi connectivity index (χ1) is 13.7. The van der Waals surface area contributed by atoms with Gasteiger partial charge in [0.15, 0.2) is 5.96 Å². The van der Waals surface area contributed by atoms with E-state index in [1.807, 2.05) is 0 Å². The molecule has 0 saturated carbocycles. The van der Waals surface area contributed by atoms with Crippen LogP contribution in [0.5, 0.6) is 0 Å². The minimum absolute atomic E-state index is 0. The minimum atomic E-state index is 0. The van der Waals surface area contributed by atoms with Gasteiger partial charge in [-0.25, -0.2) is 0 Å². The lowest BCUT2D eigenvalue weighted by Crippen LogP contribution is -2.46. The van der Waals surface area contributed by atoms with E-state index in [4.69, 9.17) is 4.99 Å². The van der Waals surface area contributed by atoms with Crippen LogP contribution in [0.2, 0.25) is 0 Å². The van der Waals surface area contributed by atoms with Crippen molar-refractivity contribution in [1.82, 2.24) is 15.5 Å². The molecule has 158 valence electrons. The first kappa shape index (κ1) is 23.4. The van der Waals surface area contributed by atoms with Gasteiger partial charge in [0, 0.05) is 39.6 Å². The van der Waals surface area contributed by atoms with E-state index >= 15 is 0 Å². The van der Waals surface area contributed by atoms with Gasteiger partial charge in [0.25, 0.3) is 0 Å². The van der Waals surface area contributed by atoms with E-state index in [9.17, 15) is 4.79 Å². The van der Waals surface area contributed by atoms with Gasteiger partial charge in [-0.1, -0.05) is 42.5 Å². The Balaban J connectivity index is 0.00000300. The summed E-state index contributed by atoms with van der Waals surface area (Å²) >= 11 is 0. The van der Waals surface area contributed by atoms with Crippen LogP contribution in [0.15, 0.2) is 47.5 Å². The average Bonchev–Trinajstić information content (AvgIpc) is 2.73. The van der Waals surface area contributed by atoms with Gasteiger partial charge in [0.05, 0.1) is 0 Å². The summed E-state index contributed by atoms with van der Waals surface area (Å²) in [5.41, 5.74) is 1.32. The number of piperidine rings is 1. The summed E-state index contributed by atoms with van der Waals surface area (Å²) in [7, 11) is 1.71. The molecule has 1 amide bonds. The maximum absolute atomic E-state index is 11.6. The number of halogens is 1. The van der Waals surface area contributed by atoms with Crippen LogP contribution in [0.4, 0.5) is 0 Å². The molecule has 2 aromatic rings. The second-order valence-electron chi connectivity index (χ2n) is 7.47. The van der Waals surface area contributed by atoms with E-state index in [1.165, 1.54) is 16.3 Å². The number of fused-ring (bicyclic) bond motifs is 1. The van der Waals surface area contributed by atoms with Crippen molar-refractivity contribution in [3.63, 3.8) is 0 Å². The molecule has 1 aliphatic heterocycles. The zero-order chi connectivity index (χ0) is 19.8. The Morgan fingerprint density at radius 3 is 2.55 bits per heavy atom. The third-order valence-electron chi connectivity index (χ3n) is 5.48. The second-order valence-corrected chi connectivity index (χ2v) is 7.47. The minimum Gasteiger partial charge on any atom is -0.359 e. The van der Waals surface area contributed by atoms with Crippen LogP contribution in [0.25, 0.3) is 10.8 Å². The summed E-state index contributed by atoms with van der Waals surface area (Å²) in [6, 6.07) is 15.1. The third-order valence-corrected chi connectivity index (χ3v) is 5.48. The predicted molar refractivity (Wildman–Crippen MR) is 132 cm³/mol. The van der Waals surface area contributed by atoms with Crippen LogP contribution in [-0.4, -0.2) is 50.0 Å². The Labute approximate surface area is 191 Å². The van der Waals surface area contributed by atoms with Crippen molar-refractivity contribution >= 4 is 46.6 Å². The SMILES string of the molecule is CCNC(=NCCc1ccc2ccccc2c1)N1CCC(CC(=O)NC)CC1.I. The fraction of sp³-hybridized carbons (Fsp3) is 0.478. The topological polar surface area (TPSA) is 56.7 Å². The number of guanidine groups is 1. The first-order valence-electron chi connectivity index (χ1n) is 10.4. The second kappa shape index (κ2) is 12.0. The molecule has 1 aliphatic rings. The molecule has 0 spiro atoms. The fourth-order valence-electron chi connectivity index (χ4n) is 3.82. The highest BCUT2D eigenvalue weighted by Crippen LogP contribution is 2.20. The lowest BCUT2D eigenvalue weighted by molar-refractivity contribution is -0.121. The summed E-state index contributed by atoms with van der Waals surface area (Å²) in [6.45, 7) is 5.68. The number of hydrogen-bond acceptors (Lipinski definition) is 2. The zero-order valence-corrected chi connectivity index (χ0v) is 19.8. The first-order valence-corrected chi connectivity index (χ1v) is 10.4. The van der Waals surface area contributed by atoms with Gasteiger partial charge < -0.3 is 15.5 Å². The molecule has 0 aromatic heterocycles. The van der Waals surface area contributed by atoms with Crippen LogP contribution in [0.1, 0.15) is 31.7 Å². The van der Waals surface area contributed by atoms with E-state index in [0.29, 0.717) is 12.3 Å². The quantitative estimate of drug-likeness (QED) is 0.355. The number of hydrogen-bond donors (Lipinski definition) is 2. The van der Waals surface area contributed by atoms with Crippen molar-refractivity contribution in [3.8, 4) is 0 Å². The van der Waals surface area contributed by atoms with Crippen molar-refractivity contribution in [2.75, 3.05) is 33.2 Å². The fourth-order valence-corrected chi connectivity index (χ4v) is 3.82. The maximum Gasteiger partial charge on any atom is 0.220 e. The molecule has 3 rings (SSSR count). The molecular formula is C23H33IN4O. The molecule has 0 aliphatic carbocycles. The van der Waals surface area contributed by atoms with E-state index in [1.54, 1.807) is 7.05 Å². The van der Waals surface area contributed by atoms with Crippen molar-refractivity contribution in [3.05, 3.63) is 48.0 Å². The van der Waals surface area contributed by atoms with Gasteiger partial charge in [-0.15, -0.1) is 24.0 Å². The number of carbonyl (C=O) groups excluding carboxylic acids is 1. The summed E-state index contributed by atoms with van der Waals surface area (Å²) in [5.74, 6) is 1.63. The number of amides is 1. The summed E-state index contributed by atoms with van der Waals surface area (Å²) in [6.07, 6.45) is 3.66. The summed E-state index contributed by atoms with van der Waals surface area (Å²) in [4.78, 5) is 18.8. The van der Waals surface area contributed by atoms with Crippen LogP contribution in [-0.2, 0) is 11.2 Å². The molecule has 1 heterocycles. The van der Waals surface area contributed by atoms with Crippen LogP contribution < -0.4 is 10.6 Å². The van der Waals surface area contributed by atoms with Gasteiger partial charge in [0.2, 0.25) is 5.91 Å². The molecule has 0 unspecified atom stereocenters. The molecular weight excluding hydrogens is 475 g/mol. The van der Waals surface area contributed by atoms with Crippen molar-refractivity contribution in [1.29, 1.82) is 0 Å². The van der Waals surface area contributed by atoms with E-state index in [2.05, 4.69) is 64.9 Å². The summed E-state index contributed by atoms with van der Waals surface area (Å²) in [5, 5.41) is 8.73. The van der Waals surface area contributed by atoms with Gasteiger partial charge in [-0.2, -0.15) is 0 Å². The molecule has 29 heavy (non-hydrogen) atoms. The van der Waals surface area contributed by atoms with Crippen LogP contribution in [0.3, 0.4) is 0 Å². The summed E-state index contributed by atoms with van der Waals surface area (Å²) < 4.78 is 0. The molecule has 1 saturated heterocycles. The predicted octanol–water partition coefficient (Wildman–Crippen LogP) is 3.81. The molecule has 0 atom stereocenters. The van der Waals surface area contributed by atoms with E-state index < -0.39 is 0 Å². The highest BCUT2D eigenvalue weighted by Gasteiger charge is 2.22. The Bertz CT molecular complexity index is 815. The van der Waals surface area contributed by atoms with Crippen LogP contribution >= 0.6 is 24.0 Å².